The van der Waals surface area contributed by atoms with Gasteiger partial charge in [0.25, 0.3) is 10.0 Å². The van der Waals surface area contributed by atoms with Crippen LogP contribution in [0.4, 0.5) is 5.69 Å². The number of carbonyl (C=O) groups is 2. The van der Waals surface area contributed by atoms with E-state index in [-0.39, 0.29) is 27.7 Å². The normalized spacial score (nSPS) is 14.1. The van der Waals surface area contributed by atoms with Gasteiger partial charge in [-0.3, -0.25) is 14.3 Å². The first kappa shape index (κ1) is 20.2. The van der Waals surface area contributed by atoms with E-state index in [1.54, 1.807) is 22.4 Å². The molecule has 0 aliphatic carbocycles. The molecule has 30 heavy (non-hydrogen) atoms. The van der Waals surface area contributed by atoms with Gasteiger partial charge >= 0.3 is 11.8 Å². The maximum Gasteiger partial charge on any atom is 0.311 e. The highest BCUT2D eigenvalue weighted by Gasteiger charge is 2.26. The largest absolute Gasteiger partial charge is 0.412 e. The number of aromatic nitrogens is 2. The van der Waals surface area contributed by atoms with Gasteiger partial charge < -0.3 is 9.32 Å². The van der Waals surface area contributed by atoms with Crippen molar-refractivity contribution in [3.8, 4) is 11.5 Å². The summed E-state index contributed by atoms with van der Waals surface area (Å²) in [6, 6.07) is 7.57. The molecule has 1 aliphatic heterocycles. The van der Waals surface area contributed by atoms with Crippen molar-refractivity contribution >= 4 is 38.7 Å². The van der Waals surface area contributed by atoms with Gasteiger partial charge in [-0.15, -0.1) is 21.5 Å². The number of hydrogen-bond acceptors (Lipinski definition) is 8. The predicted molar refractivity (Wildman–Crippen MR) is 110 cm³/mol. The molecule has 1 fully saturated rings. The number of anilines is 1. The Balaban J connectivity index is 1.50. The van der Waals surface area contributed by atoms with E-state index in [1.807, 2.05) is 0 Å². The van der Waals surface area contributed by atoms with Crippen LogP contribution < -0.4 is 4.72 Å². The molecule has 156 valence electrons. The number of rotatable bonds is 6. The fraction of sp³-hybridized carbons (Fsp3) is 0.263. The van der Waals surface area contributed by atoms with Crippen molar-refractivity contribution in [3.63, 3.8) is 0 Å². The molecule has 0 radical (unpaired) electrons. The smallest absolute Gasteiger partial charge is 0.311 e. The molecule has 0 spiro atoms. The molecule has 11 heteroatoms. The first-order valence-corrected chi connectivity index (χ1v) is 11.6. The SMILES string of the molecule is CC(=O)c1ccc(NS(=O)(=O)c2cc(-c3nnc(C(=O)N4CCCC4)o3)cs2)cc1. The van der Waals surface area contributed by atoms with E-state index in [0.717, 1.165) is 24.2 Å². The van der Waals surface area contributed by atoms with Crippen LogP contribution in [0.5, 0.6) is 0 Å². The third kappa shape index (κ3) is 4.12. The van der Waals surface area contributed by atoms with Gasteiger partial charge in [-0.05, 0) is 50.1 Å². The number of ketones is 1. The Morgan fingerprint density at radius 2 is 1.83 bits per heavy atom. The van der Waals surface area contributed by atoms with Gasteiger partial charge in [0.2, 0.25) is 5.89 Å². The van der Waals surface area contributed by atoms with Crippen molar-refractivity contribution in [2.75, 3.05) is 17.8 Å². The maximum atomic E-state index is 12.7. The number of likely N-dealkylation sites (tertiary alicyclic amines) is 1. The standard InChI is InChI=1S/C19H18N4O5S2/c1-12(24)13-4-6-15(7-5-13)22-30(26,27)16-10-14(11-29-16)17-20-21-18(28-17)19(25)23-8-2-3-9-23/h4-7,10-11,22H,2-3,8-9H2,1H3. The molecule has 3 heterocycles. The van der Waals surface area contributed by atoms with E-state index in [9.17, 15) is 18.0 Å². The van der Waals surface area contributed by atoms with Crippen molar-refractivity contribution in [1.82, 2.24) is 15.1 Å². The second-order valence-electron chi connectivity index (χ2n) is 6.81. The van der Waals surface area contributed by atoms with Crippen LogP contribution in [0.3, 0.4) is 0 Å². The summed E-state index contributed by atoms with van der Waals surface area (Å²) in [6.45, 7) is 2.76. The highest BCUT2D eigenvalue weighted by molar-refractivity contribution is 7.94. The third-order valence-corrected chi connectivity index (χ3v) is 7.45. The van der Waals surface area contributed by atoms with Gasteiger partial charge in [0.1, 0.15) is 4.21 Å². The first-order chi connectivity index (χ1) is 14.3. The molecule has 3 aromatic rings. The summed E-state index contributed by atoms with van der Waals surface area (Å²) in [5, 5.41) is 9.26. The zero-order chi connectivity index (χ0) is 21.3. The van der Waals surface area contributed by atoms with Crippen molar-refractivity contribution in [3.05, 3.63) is 47.2 Å². The van der Waals surface area contributed by atoms with Gasteiger partial charge in [-0.1, -0.05) is 0 Å². The number of nitrogens with zero attached hydrogens (tertiary/aromatic N) is 3. The summed E-state index contributed by atoms with van der Waals surface area (Å²) in [5.74, 6) is -0.438. The maximum absolute atomic E-state index is 12.7. The topological polar surface area (TPSA) is 122 Å². The average Bonchev–Trinajstić information content (AvgIpc) is 3.49. The van der Waals surface area contributed by atoms with Crippen molar-refractivity contribution in [2.24, 2.45) is 0 Å². The predicted octanol–water partition coefficient (Wildman–Crippen LogP) is 3.04. The van der Waals surface area contributed by atoms with E-state index >= 15 is 0 Å². The van der Waals surface area contributed by atoms with Crippen LogP contribution in [-0.4, -0.2) is 48.3 Å². The van der Waals surface area contributed by atoms with E-state index < -0.39 is 10.0 Å². The summed E-state index contributed by atoms with van der Waals surface area (Å²) in [4.78, 5) is 25.3. The van der Waals surface area contributed by atoms with E-state index in [4.69, 9.17) is 4.42 Å². The summed E-state index contributed by atoms with van der Waals surface area (Å²) in [5.41, 5.74) is 1.25. The first-order valence-electron chi connectivity index (χ1n) is 9.19. The lowest BCUT2D eigenvalue weighted by Crippen LogP contribution is -2.27. The van der Waals surface area contributed by atoms with Gasteiger partial charge in [-0.2, -0.15) is 0 Å². The van der Waals surface area contributed by atoms with E-state index in [0.29, 0.717) is 29.9 Å². The molecule has 0 atom stereocenters. The molecule has 1 aliphatic rings. The lowest BCUT2D eigenvalue weighted by atomic mass is 10.1. The number of nitrogens with one attached hydrogen (secondary N) is 1. The molecule has 1 aromatic carbocycles. The van der Waals surface area contributed by atoms with Crippen molar-refractivity contribution in [2.45, 2.75) is 24.0 Å². The van der Waals surface area contributed by atoms with Crippen LogP contribution in [0.1, 0.15) is 40.8 Å². The summed E-state index contributed by atoms with van der Waals surface area (Å²) in [7, 11) is -3.84. The summed E-state index contributed by atoms with van der Waals surface area (Å²) < 4.78 is 33.3. The number of carbonyl (C=O) groups excluding carboxylic acids is 2. The van der Waals surface area contributed by atoms with Crippen LogP contribution in [0, 0.1) is 0 Å². The number of sulfonamides is 1. The second-order valence-corrected chi connectivity index (χ2v) is 9.63. The Morgan fingerprint density at radius 1 is 1.13 bits per heavy atom. The van der Waals surface area contributed by atoms with Gasteiger partial charge in [0, 0.05) is 29.7 Å². The Bertz CT molecular complexity index is 1190. The number of amides is 1. The number of hydrogen-bond donors (Lipinski definition) is 1. The van der Waals surface area contributed by atoms with Crippen molar-refractivity contribution < 1.29 is 22.4 Å². The van der Waals surface area contributed by atoms with Gasteiger partial charge in [0.05, 0.1) is 5.56 Å². The molecule has 0 bridgehead atoms. The molecule has 0 saturated carbocycles. The quantitative estimate of drug-likeness (QED) is 0.577. The molecular weight excluding hydrogens is 428 g/mol. The molecule has 1 N–H and O–H groups in total. The van der Waals surface area contributed by atoms with Crippen LogP contribution in [0.25, 0.3) is 11.5 Å². The molecule has 9 nitrogen and oxygen atoms in total. The fourth-order valence-electron chi connectivity index (χ4n) is 3.03. The zero-order valence-corrected chi connectivity index (χ0v) is 17.6. The van der Waals surface area contributed by atoms with Crippen LogP contribution >= 0.6 is 11.3 Å². The third-order valence-electron chi connectivity index (χ3n) is 4.63. The number of benzene rings is 1. The Kier molecular flexibility index (Phi) is 5.39. The molecule has 4 rings (SSSR count). The minimum atomic E-state index is -3.84. The second kappa shape index (κ2) is 8.00. The Hall–Kier alpha value is -3.05. The van der Waals surface area contributed by atoms with Crippen LogP contribution in [0.15, 0.2) is 44.3 Å². The highest BCUT2D eigenvalue weighted by atomic mass is 32.2. The molecule has 1 saturated heterocycles. The summed E-state index contributed by atoms with van der Waals surface area (Å²) in [6.07, 6.45) is 1.89. The Morgan fingerprint density at radius 3 is 2.50 bits per heavy atom. The number of Topliss-reactive ketones (excluding diaryl/α,β-unsaturated/α-hetero) is 1. The highest BCUT2D eigenvalue weighted by Crippen LogP contribution is 2.29. The molecule has 0 unspecified atom stereocenters. The Labute approximate surface area is 176 Å². The minimum Gasteiger partial charge on any atom is -0.412 e. The zero-order valence-electron chi connectivity index (χ0n) is 16.0. The average molecular weight is 447 g/mol. The van der Waals surface area contributed by atoms with Gasteiger partial charge in [0.15, 0.2) is 5.78 Å². The van der Waals surface area contributed by atoms with Crippen LogP contribution in [0.2, 0.25) is 0 Å². The summed E-state index contributed by atoms with van der Waals surface area (Å²) >= 11 is 0.994. The van der Waals surface area contributed by atoms with Crippen molar-refractivity contribution in [1.29, 1.82) is 0 Å². The molecule has 1 amide bonds. The lowest BCUT2D eigenvalue weighted by molar-refractivity contribution is 0.0753. The molecule has 2 aromatic heterocycles. The minimum absolute atomic E-state index is 0.0544. The molecular formula is C19H18N4O5S2. The van der Waals surface area contributed by atoms with E-state index in [1.165, 1.54) is 25.1 Å². The van der Waals surface area contributed by atoms with Crippen LogP contribution in [-0.2, 0) is 10.0 Å². The monoisotopic (exact) mass is 446 g/mol. The number of thiophene rings is 1. The van der Waals surface area contributed by atoms with Gasteiger partial charge in [-0.25, -0.2) is 8.42 Å². The fourth-order valence-corrected chi connectivity index (χ4v) is 5.24. The lowest BCUT2D eigenvalue weighted by Gasteiger charge is -2.11. The van der Waals surface area contributed by atoms with E-state index in [2.05, 4.69) is 14.9 Å².